The van der Waals surface area contributed by atoms with Crippen LogP contribution in [0.3, 0.4) is 0 Å². The Hall–Kier alpha value is -2.48. The summed E-state index contributed by atoms with van der Waals surface area (Å²) < 4.78 is 28.1. The minimum Gasteiger partial charge on any atom is -0.391 e. The Morgan fingerprint density at radius 2 is 1.96 bits per heavy atom. The topological polar surface area (TPSA) is 70.4 Å². The van der Waals surface area contributed by atoms with Crippen LogP contribution in [-0.4, -0.2) is 45.0 Å². The highest BCUT2D eigenvalue weighted by atomic mass is 19.2. The van der Waals surface area contributed by atoms with Gasteiger partial charge in [0.1, 0.15) is 0 Å². The lowest BCUT2D eigenvalue weighted by Gasteiger charge is -2.35. The van der Waals surface area contributed by atoms with Crippen molar-refractivity contribution in [3.63, 3.8) is 0 Å². The van der Waals surface area contributed by atoms with Crippen molar-refractivity contribution < 1.29 is 18.7 Å². The van der Waals surface area contributed by atoms with Crippen LogP contribution in [0.5, 0.6) is 0 Å². The summed E-state index contributed by atoms with van der Waals surface area (Å²) in [6, 6.07) is 4.69. The minimum atomic E-state index is -0.997. The van der Waals surface area contributed by atoms with Crippen molar-refractivity contribution in [2.75, 3.05) is 18.4 Å². The summed E-state index contributed by atoms with van der Waals surface area (Å²) >= 11 is 0. The van der Waals surface area contributed by atoms with Crippen LogP contribution in [0.15, 0.2) is 36.7 Å². The normalized spacial score (nSPS) is 28.0. The number of amides is 2. The summed E-state index contributed by atoms with van der Waals surface area (Å²) in [5.41, 5.74) is 0.221. The molecule has 1 aromatic carbocycles. The molecule has 1 saturated carbocycles. The van der Waals surface area contributed by atoms with E-state index in [4.69, 9.17) is 0 Å². The lowest BCUT2D eigenvalue weighted by atomic mass is 9.77. The van der Waals surface area contributed by atoms with E-state index in [1.54, 1.807) is 15.8 Å². The summed E-state index contributed by atoms with van der Waals surface area (Å²) in [5.74, 6) is -1.44. The number of hydrogen-bond acceptors (Lipinski definition) is 3. The number of hydrogen-bond donors (Lipinski definition) is 2. The molecule has 1 aromatic heterocycles. The number of carbonyl (C=O) groups is 1. The number of halogens is 2. The van der Waals surface area contributed by atoms with Gasteiger partial charge >= 0.3 is 6.03 Å². The number of aliphatic hydroxyl groups excluding tert-OH is 1. The van der Waals surface area contributed by atoms with Crippen LogP contribution in [-0.2, 0) is 0 Å². The number of aliphatic hydroxyl groups is 1. The Kier molecular flexibility index (Phi) is 4.36. The van der Waals surface area contributed by atoms with E-state index in [9.17, 15) is 18.7 Å². The van der Waals surface area contributed by atoms with Gasteiger partial charge in [0.25, 0.3) is 0 Å². The Balaban J connectivity index is 1.41. The lowest BCUT2D eigenvalue weighted by molar-refractivity contribution is 0.0306. The summed E-state index contributed by atoms with van der Waals surface area (Å²) in [7, 11) is 0. The summed E-state index contributed by atoms with van der Waals surface area (Å²) in [6.45, 7) is 1.12. The minimum absolute atomic E-state index is 0.0829. The number of nitrogens with zero attached hydrogens (tertiary/aromatic N) is 3. The van der Waals surface area contributed by atoms with Crippen LogP contribution in [0.4, 0.5) is 19.3 Å². The van der Waals surface area contributed by atoms with Gasteiger partial charge in [-0.25, -0.2) is 13.6 Å². The molecule has 26 heavy (non-hydrogen) atoms. The van der Waals surface area contributed by atoms with Crippen molar-refractivity contribution in [3.05, 3.63) is 48.3 Å². The second-order valence-corrected chi connectivity index (χ2v) is 7.08. The zero-order chi connectivity index (χ0) is 18.3. The fourth-order valence-electron chi connectivity index (χ4n) is 4.11. The molecule has 0 spiro atoms. The van der Waals surface area contributed by atoms with Gasteiger partial charge < -0.3 is 15.3 Å². The average molecular weight is 362 g/mol. The van der Waals surface area contributed by atoms with Crippen LogP contribution in [0.1, 0.15) is 18.9 Å². The van der Waals surface area contributed by atoms with E-state index in [0.29, 0.717) is 19.5 Å². The maximum atomic E-state index is 13.3. The second-order valence-electron chi connectivity index (χ2n) is 7.08. The molecule has 138 valence electrons. The zero-order valence-electron chi connectivity index (χ0n) is 14.1. The molecule has 2 heterocycles. The van der Waals surface area contributed by atoms with E-state index in [0.717, 1.165) is 18.6 Å². The summed E-state index contributed by atoms with van der Waals surface area (Å²) in [6.07, 6.45) is 4.41. The lowest BCUT2D eigenvalue weighted by Crippen LogP contribution is -2.36. The third-order valence-electron chi connectivity index (χ3n) is 5.43. The SMILES string of the molecule is O=C(Nc1ccc(F)c(F)c1)N1C[C@H]2C[C@H](O)[C@@H](n3cccn3)C[C@H]2C1. The molecule has 4 atom stereocenters. The number of anilines is 1. The Morgan fingerprint density at radius 1 is 1.19 bits per heavy atom. The van der Waals surface area contributed by atoms with Crippen LogP contribution >= 0.6 is 0 Å². The molecule has 1 aliphatic heterocycles. The van der Waals surface area contributed by atoms with Crippen molar-refractivity contribution in [1.29, 1.82) is 0 Å². The van der Waals surface area contributed by atoms with Gasteiger partial charge in [-0.2, -0.15) is 5.10 Å². The maximum Gasteiger partial charge on any atom is 0.321 e. The van der Waals surface area contributed by atoms with Gasteiger partial charge in [-0.15, -0.1) is 0 Å². The van der Waals surface area contributed by atoms with Crippen molar-refractivity contribution in [1.82, 2.24) is 14.7 Å². The van der Waals surface area contributed by atoms with E-state index >= 15 is 0 Å². The molecule has 2 aliphatic rings. The molecular weight excluding hydrogens is 342 g/mol. The summed E-state index contributed by atoms with van der Waals surface area (Å²) in [4.78, 5) is 14.1. The fourth-order valence-corrected chi connectivity index (χ4v) is 4.11. The van der Waals surface area contributed by atoms with Gasteiger partial charge in [-0.3, -0.25) is 4.68 Å². The first-order chi connectivity index (χ1) is 12.5. The molecule has 6 nitrogen and oxygen atoms in total. The number of aromatic nitrogens is 2. The maximum absolute atomic E-state index is 13.3. The molecule has 2 aromatic rings. The molecule has 0 unspecified atom stereocenters. The van der Waals surface area contributed by atoms with Gasteiger partial charge in [0.2, 0.25) is 0 Å². The van der Waals surface area contributed by atoms with Crippen molar-refractivity contribution >= 4 is 11.7 Å². The van der Waals surface area contributed by atoms with Crippen LogP contribution in [0.25, 0.3) is 0 Å². The van der Waals surface area contributed by atoms with Crippen LogP contribution in [0.2, 0.25) is 0 Å². The van der Waals surface area contributed by atoms with Gasteiger partial charge in [-0.05, 0) is 42.9 Å². The zero-order valence-corrected chi connectivity index (χ0v) is 14.1. The van der Waals surface area contributed by atoms with Gasteiger partial charge in [0.05, 0.1) is 12.1 Å². The molecule has 0 bridgehead atoms. The number of benzene rings is 1. The van der Waals surface area contributed by atoms with Gasteiger partial charge in [0, 0.05) is 37.2 Å². The Labute approximate surface area is 149 Å². The predicted molar refractivity (Wildman–Crippen MR) is 90.4 cm³/mol. The number of carbonyl (C=O) groups excluding carboxylic acids is 1. The third-order valence-corrected chi connectivity index (χ3v) is 5.43. The van der Waals surface area contributed by atoms with Crippen LogP contribution in [0, 0.1) is 23.5 Å². The van der Waals surface area contributed by atoms with E-state index < -0.39 is 17.7 Å². The molecule has 1 saturated heterocycles. The fraction of sp³-hybridized carbons (Fsp3) is 0.444. The molecule has 2 N–H and O–H groups in total. The number of rotatable bonds is 2. The second kappa shape index (κ2) is 6.68. The monoisotopic (exact) mass is 362 g/mol. The van der Waals surface area contributed by atoms with Crippen LogP contribution < -0.4 is 5.32 Å². The molecule has 0 radical (unpaired) electrons. The van der Waals surface area contributed by atoms with Crippen molar-refractivity contribution in [2.45, 2.75) is 25.0 Å². The highest BCUT2D eigenvalue weighted by Gasteiger charge is 2.43. The largest absolute Gasteiger partial charge is 0.391 e. The molecule has 4 rings (SSSR count). The molecule has 2 fully saturated rings. The molecule has 8 heteroatoms. The number of nitrogens with one attached hydrogen (secondary N) is 1. The standard InChI is InChI=1S/C18H20F2N4O2/c19-14-3-2-13(8-15(14)20)22-18(26)23-9-11-6-16(24-5-1-4-21-24)17(25)7-12(11)10-23/h1-5,8,11-12,16-17,25H,6-7,9-10H2,(H,22,26)/t11-,12+,16-,17-/m0/s1. The highest BCUT2D eigenvalue weighted by molar-refractivity contribution is 5.89. The predicted octanol–water partition coefficient (Wildman–Crippen LogP) is 2.64. The summed E-state index contributed by atoms with van der Waals surface area (Å²) in [5, 5.41) is 17.3. The number of likely N-dealkylation sites (tertiary alicyclic amines) is 1. The highest BCUT2D eigenvalue weighted by Crippen LogP contribution is 2.41. The Morgan fingerprint density at radius 3 is 2.65 bits per heavy atom. The Bertz CT molecular complexity index is 798. The number of fused-ring (bicyclic) bond motifs is 1. The first-order valence-corrected chi connectivity index (χ1v) is 8.69. The van der Waals surface area contributed by atoms with E-state index in [2.05, 4.69) is 10.4 Å². The molecule has 2 amide bonds. The van der Waals surface area contributed by atoms with E-state index in [-0.39, 0.29) is 29.6 Å². The smallest absolute Gasteiger partial charge is 0.321 e. The van der Waals surface area contributed by atoms with E-state index in [1.165, 1.54) is 6.07 Å². The first-order valence-electron chi connectivity index (χ1n) is 8.69. The first kappa shape index (κ1) is 17.0. The average Bonchev–Trinajstić information content (AvgIpc) is 3.26. The van der Waals surface area contributed by atoms with Gasteiger partial charge in [-0.1, -0.05) is 0 Å². The number of urea groups is 1. The molecular formula is C18H20F2N4O2. The molecule has 1 aliphatic carbocycles. The van der Waals surface area contributed by atoms with E-state index in [1.807, 2.05) is 12.3 Å². The van der Waals surface area contributed by atoms with Gasteiger partial charge in [0.15, 0.2) is 11.6 Å². The van der Waals surface area contributed by atoms with Crippen molar-refractivity contribution in [2.24, 2.45) is 11.8 Å². The quantitative estimate of drug-likeness (QED) is 0.863. The third kappa shape index (κ3) is 3.16. The van der Waals surface area contributed by atoms with Crippen molar-refractivity contribution in [3.8, 4) is 0 Å².